The Hall–Kier alpha value is -3.92. The van der Waals surface area contributed by atoms with Crippen molar-refractivity contribution in [2.75, 3.05) is 23.8 Å². The van der Waals surface area contributed by atoms with Crippen molar-refractivity contribution in [2.24, 2.45) is 0 Å². The Morgan fingerprint density at radius 1 is 0.938 bits per heavy atom. The number of thiophene rings is 1. The van der Waals surface area contributed by atoms with Crippen molar-refractivity contribution in [3.8, 4) is 11.5 Å². The number of carbonyl (C=O) groups excluding carboxylic acids is 2. The van der Waals surface area contributed by atoms with Crippen LogP contribution in [0.15, 0.2) is 53.9 Å². The molecule has 3 rings (SSSR count). The van der Waals surface area contributed by atoms with Gasteiger partial charge in [0.05, 0.1) is 34.4 Å². The second-order valence-electron chi connectivity index (χ2n) is 6.40. The van der Waals surface area contributed by atoms with Crippen molar-refractivity contribution in [1.29, 1.82) is 0 Å². The Morgan fingerprint density at radius 2 is 1.50 bits per heavy atom. The summed E-state index contributed by atoms with van der Waals surface area (Å²) in [5.74, 6) is -0.0581. The predicted molar refractivity (Wildman–Crippen MR) is 122 cm³/mol. The lowest BCUT2D eigenvalue weighted by Gasteiger charge is -2.17. The average Bonchev–Trinajstić information content (AvgIpc) is 3.32. The summed E-state index contributed by atoms with van der Waals surface area (Å²) in [4.78, 5) is 36.0. The van der Waals surface area contributed by atoms with Crippen LogP contribution in [0.5, 0.6) is 11.5 Å². The van der Waals surface area contributed by atoms with E-state index in [-0.39, 0.29) is 17.2 Å². The molecule has 0 aliphatic carbocycles. The molecule has 3 aromatic rings. The maximum atomic E-state index is 12.7. The van der Waals surface area contributed by atoms with Gasteiger partial charge in [-0.1, -0.05) is 6.07 Å². The monoisotopic (exact) mass is 455 g/mol. The molecular weight excluding hydrogens is 434 g/mol. The molecule has 0 atom stereocenters. The molecule has 1 aromatic heterocycles. The van der Waals surface area contributed by atoms with Gasteiger partial charge in [0.2, 0.25) is 0 Å². The first kappa shape index (κ1) is 22.8. The van der Waals surface area contributed by atoms with Gasteiger partial charge in [0.25, 0.3) is 17.5 Å². The number of rotatable bonds is 9. The molecule has 166 valence electrons. The molecule has 2 amide bonds. The highest BCUT2D eigenvalue weighted by Gasteiger charge is 2.18. The molecule has 0 saturated heterocycles. The smallest absolute Gasteiger partial charge is 0.269 e. The van der Waals surface area contributed by atoms with Crippen LogP contribution in [0.25, 0.3) is 0 Å². The SMILES string of the molecule is CCOc1cc(NC(=O)c2cccs2)c(OCC)cc1NC(=O)c1ccc([N+](=O)[O-])cc1. The molecule has 0 fully saturated rings. The summed E-state index contributed by atoms with van der Waals surface area (Å²) < 4.78 is 11.3. The summed E-state index contributed by atoms with van der Waals surface area (Å²) in [7, 11) is 0. The zero-order valence-electron chi connectivity index (χ0n) is 17.4. The van der Waals surface area contributed by atoms with Gasteiger partial charge in [-0.2, -0.15) is 0 Å². The largest absolute Gasteiger partial charge is 0.492 e. The normalized spacial score (nSPS) is 10.3. The van der Waals surface area contributed by atoms with E-state index in [1.807, 2.05) is 0 Å². The Balaban J connectivity index is 1.90. The fourth-order valence-corrected chi connectivity index (χ4v) is 3.44. The molecule has 0 spiro atoms. The van der Waals surface area contributed by atoms with E-state index in [2.05, 4.69) is 10.6 Å². The third kappa shape index (κ3) is 5.41. The summed E-state index contributed by atoms with van der Waals surface area (Å²) in [5.41, 5.74) is 0.877. The minimum atomic E-state index is -0.535. The molecule has 0 saturated carbocycles. The van der Waals surface area contributed by atoms with E-state index in [9.17, 15) is 19.7 Å². The number of benzene rings is 2. The Labute approximate surface area is 188 Å². The average molecular weight is 455 g/mol. The van der Waals surface area contributed by atoms with E-state index in [1.165, 1.54) is 35.6 Å². The number of ether oxygens (including phenoxy) is 2. The van der Waals surface area contributed by atoms with Gasteiger partial charge >= 0.3 is 0 Å². The summed E-state index contributed by atoms with van der Waals surface area (Å²) in [5, 5.41) is 18.2. The Morgan fingerprint density at radius 3 is 1.97 bits per heavy atom. The van der Waals surface area contributed by atoms with Gasteiger partial charge in [-0.05, 0) is 37.4 Å². The van der Waals surface area contributed by atoms with Gasteiger partial charge in [-0.3, -0.25) is 19.7 Å². The molecule has 2 aromatic carbocycles. The van der Waals surface area contributed by atoms with Crippen LogP contribution >= 0.6 is 11.3 Å². The minimum absolute atomic E-state index is 0.110. The number of amides is 2. The lowest BCUT2D eigenvalue weighted by Crippen LogP contribution is -2.15. The zero-order valence-corrected chi connectivity index (χ0v) is 18.2. The Bertz CT molecular complexity index is 1110. The molecule has 1 heterocycles. The summed E-state index contributed by atoms with van der Waals surface area (Å²) in [6.45, 7) is 4.26. The number of nitro benzene ring substituents is 1. The molecule has 32 heavy (non-hydrogen) atoms. The van der Waals surface area contributed by atoms with Gasteiger partial charge in [0, 0.05) is 29.8 Å². The van der Waals surface area contributed by atoms with Crippen LogP contribution in [0, 0.1) is 10.1 Å². The van der Waals surface area contributed by atoms with E-state index in [4.69, 9.17) is 9.47 Å². The molecule has 2 N–H and O–H groups in total. The highest BCUT2D eigenvalue weighted by Crippen LogP contribution is 2.37. The molecule has 0 aliphatic heterocycles. The number of hydrogen-bond acceptors (Lipinski definition) is 7. The quantitative estimate of drug-likeness (QED) is 0.348. The summed E-state index contributed by atoms with van der Waals surface area (Å²) in [6, 6.07) is 11.9. The molecule has 0 bridgehead atoms. The van der Waals surface area contributed by atoms with E-state index in [0.717, 1.165) is 0 Å². The third-order valence-corrected chi connectivity index (χ3v) is 5.13. The first-order chi connectivity index (χ1) is 15.4. The second kappa shape index (κ2) is 10.4. The fourth-order valence-electron chi connectivity index (χ4n) is 2.83. The number of nitrogens with zero attached hydrogens (tertiary/aromatic N) is 1. The number of anilines is 2. The van der Waals surface area contributed by atoms with Crippen LogP contribution < -0.4 is 20.1 Å². The fraction of sp³-hybridized carbons (Fsp3) is 0.182. The first-order valence-electron chi connectivity index (χ1n) is 9.77. The summed E-state index contributed by atoms with van der Waals surface area (Å²) in [6.07, 6.45) is 0. The van der Waals surface area contributed by atoms with E-state index in [0.29, 0.717) is 41.0 Å². The highest BCUT2D eigenvalue weighted by molar-refractivity contribution is 7.12. The van der Waals surface area contributed by atoms with Crippen LogP contribution in [-0.4, -0.2) is 30.0 Å². The van der Waals surface area contributed by atoms with Gasteiger partial charge in [0.15, 0.2) is 0 Å². The molecule has 10 heteroatoms. The maximum absolute atomic E-state index is 12.7. The van der Waals surface area contributed by atoms with Gasteiger partial charge in [-0.15, -0.1) is 11.3 Å². The number of non-ortho nitro benzene ring substituents is 1. The van der Waals surface area contributed by atoms with Crippen molar-refractivity contribution in [1.82, 2.24) is 0 Å². The van der Waals surface area contributed by atoms with Crippen LogP contribution in [0.4, 0.5) is 17.1 Å². The van der Waals surface area contributed by atoms with Crippen LogP contribution in [0.1, 0.15) is 33.9 Å². The van der Waals surface area contributed by atoms with E-state index < -0.39 is 10.8 Å². The van der Waals surface area contributed by atoms with Crippen LogP contribution in [0.3, 0.4) is 0 Å². The van der Waals surface area contributed by atoms with E-state index in [1.54, 1.807) is 43.5 Å². The van der Waals surface area contributed by atoms with Gasteiger partial charge in [0.1, 0.15) is 11.5 Å². The predicted octanol–water partition coefficient (Wildman–Crippen LogP) is 4.96. The number of nitro groups is 1. The minimum Gasteiger partial charge on any atom is -0.492 e. The van der Waals surface area contributed by atoms with Crippen LogP contribution in [0.2, 0.25) is 0 Å². The van der Waals surface area contributed by atoms with Gasteiger partial charge in [-0.25, -0.2) is 0 Å². The van der Waals surface area contributed by atoms with Crippen molar-refractivity contribution >= 4 is 40.2 Å². The maximum Gasteiger partial charge on any atom is 0.269 e. The lowest BCUT2D eigenvalue weighted by atomic mass is 10.1. The molecule has 0 radical (unpaired) electrons. The number of carbonyl (C=O) groups is 2. The lowest BCUT2D eigenvalue weighted by molar-refractivity contribution is -0.384. The Kier molecular flexibility index (Phi) is 7.40. The van der Waals surface area contributed by atoms with Gasteiger partial charge < -0.3 is 20.1 Å². The van der Waals surface area contributed by atoms with Crippen molar-refractivity contribution in [2.45, 2.75) is 13.8 Å². The zero-order chi connectivity index (χ0) is 23.1. The van der Waals surface area contributed by atoms with Crippen molar-refractivity contribution < 1.29 is 24.0 Å². The van der Waals surface area contributed by atoms with Crippen LogP contribution in [-0.2, 0) is 0 Å². The number of hydrogen-bond donors (Lipinski definition) is 2. The molecule has 0 aliphatic rings. The first-order valence-corrected chi connectivity index (χ1v) is 10.6. The second-order valence-corrected chi connectivity index (χ2v) is 7.35. The third-order valence-electron chi connectivity index (χ3n) is 4.26. The molecule has 0 unspecified atom stereocenters. The molecule has 9 nitrogen and oxygen atoms in total. The number of nitrogens with one attached hydrogen (secondary N) is 2. The van der Waals surface area contributed by atoms with E-state index >= 15 is 0 Å². The van der Waals surface area contributed by atoms with Crippen molar-refractivity contribution in [3.05, 3.63) is 74.5 Å². The van der Waals surface area contributed by atoms with Crippen molar-refractivity contribution in [3.63, 3.8) is 0 Å². The summed E-state index contributed by atoms with van der Waals surface area (Å²) >= 11 is 1.31. The topological polar surface area (TPSA) is 120 Å². The standard InChI is InChI=1S/C22H21N3O6S/c1-3-30-18-13-17(24-22(27)20-6-5-11-32-20)19(31-4-2)12-16(18)23-21(26)14-7-9-15(10-8-14)25(28)29/h5-13H,3-4H2,1-2H3,(H,23,26)(H,24,27). The highest BCUT2D eigenvalue weighted by atomic mass is 32.1. The molecular formula is C22H21N3O6S.